The molecule has 0 bridgehead atoms. The molecule has 2 aromatic rings. The lowest BCUT2D eigenvalue weighted by molar-refractivity contribution is -0.246. The lowest BCUT2D eigenvalue weighted by atomic mass is 10.1. The van der Waals surface area contributed by atoms with E-state index >= 15 is 0 Å². The van der Waals surface area contributed by atoms with Crippen LogP contribution in [0.25, 0.3) is 0 Å². The Kier molecular flexibility index (Phi) is 4.75. The van der Waals surface area contributed by atoms with E-state index in [2.05, 4.69) is 9.88 Å². The molecular weight excluding hydrogens is 407 g/mol. The summed E-state index contributed by atoms with van der Waals surface area (Å²) in [7, 11) is 0. The van der Waals surface area contributed by atoms with Gasteiger partial charge in [-0.2, -0.15) is 4.99 Å². The molecule has 1 heterocycles. The number of ketones is 1. The van der Waals surface area contributed by atoms with Crippen molar-refractivity contribution in [3.63, 3.8) is 0 Å². The summed E-state index contributed by atoms with van der Waals surface area (Å²) in [6.45, 7) is 0. The van der Waals surface area contributed by atoms with Crippen molar-refractivity contribution in [1.29, 1.82) is 0 Å². The molecule has 116 valence electrons. The number of alkyl halides is 1. The average Bonchev–Trinajstić information content (AvgIpc) is 2.82. The number of benzene rings is 1. The van der Waals surface area contributed by atoms with Crippen LogP contribution in [-0.4, -0.2) is 31.1 Å². The van der Waals surface area contributed by atoms with E-state index in [9.17, 15) is 19.8 Å². The van der Waals surface area contributed by atoms with Gasteiger partial charge in [-0.3, -0.25) is 4.79 Å². The Morgan fingerprint density at radius 1 is 1.18 bits per heavy atom. The van der Waals surface area contributed by atoms with Crippen LogP contribution in [0.4, 0.5) is 5.69 Å². The number of hydrogen-bond acceptors (Lipinski definition) is 7. The Morgan fingerprint density at radius 3 is 2.36 bits per heavy atom. The van der Waals surface area contributed by atoms with Gasteiger partial charge in [-0.05, 0) is 12.1 Å². The van der Waals surface area contributed by atoms with Gasteiger partial charge >= 0.3 is 5.97 Å². The normalized spacial score (nSPS) is 10.2. The molecule has 8 nitrogen and oxygen atoms in total. The van der Waals surface area contributed by atoms with E-state index in [1.165, 1.54) is 18.2 Å². The van der Waals surface area contributed by atoms with Gasteiger partial charge in [0, 0.05) is 23.4 Å². The molecule has 2 rings (SSSR count). The Labute approximate surface area is 138 Å². The highest BCUT2D eigenvalue weighted by atomic mass is 127. The molecule has 9 heteroatoms. The van der Waals surface area contributed by atoms with Crippen molar-refractivity contribution in [1.82, 2.24) is 4.73 Å². The zero-order chi connectivity index (χ0) is 16.3. The SMILES string of the molecule is Nc1cc(C(=O)CI)ccc1C(=O)OOn1c(O)ccc1O. The van der Waals surface area contributed by atoms with Gasteiger partial charge in [-0.1, -0.05) is 33.4 Å². The number of Topliss-reactive ketones (excluding diaryl/α,β-unsaturated/α-hetero) is 1. The highest BCUT2D eigenvalue weighted by Gasteiger charge is 2.17. The Balaban J connectivity index is 2.11. The van der Waals surface area contributed by atoms with Gasteiger partial charge in [-0.25, -0.2) is 9.68 Å². The number of nitrogens with zero attached hydrogens (tertiary/aromatic N) is 1. The van der Waals surface area contributed by atoms with Crippen LogP contribution in [0.3, 0.4) is 0 Å². The van der Waals surface area contributed by atoms with Crippen LogP contribution >= 0.6 is 22.6 Å². The standard InChI is InChI=1S/C13H11IN2O6/c14-6-10(17)7-1-2-8(9(15)5-7)13(20)21-22-16-11(18)3-4-12(16)19/h1-5,18-19H,6,15H2. The summed E-state index contributed by atoms with van der Waals surface area (Å²) in [5.41, 5.74) is 6.12. The fourth-order valence-electron chi connectivity index (χ4n) is 1.59. The first-order valence-corrected chi connectivity index (χ1v) is 7.44. The van der Waals surface area contributed by atoms with Crippen LogP contribution in [0, 0.1) is 0 Å². The molecule has 0 fully saturated rings. The van der Waals surface area contributed by atoms with E-state index in [-0.39, 0.29) is 21.5 Å². The number of carbonyl (C=O) groups excluding carboxylic acids is 2. The molecule has 4 N–H and O–H groups in total. The third kappa shape index (κ3) is 3.24. The largest absolute Gasteiger partial charge is 0.492 e. The Morgan fingerprint density at radius 2 is 1.82 bits per heavy atom. The van der Waals surface area contributed by atoms with E-state index in [1.807, 2.05) is 22.6 Å². The fourth-order valence-corrected chi connectivity index (χ4v) is 2.03. The lowest BCUT2D eigenvalue weighted by Crippen LogP contribution is -2.18. The number of aromatic hydroxyl groups is 2. The molecule has 0 amide bonds. The summed E-state index contributed by atoms with van der Waals surface area (Å²) in [4.78, 5) is 32.4. The summed E-state index contributed by atoms with van der Waals surface area (Å²) >= 11 is 1.92. The third-order valence-corrected chi connectivity index (χ3v) is 3.39. The van der Waals surface area contributed by atoms with Crippen LogP contribution in [0.5, 0.6) is 11.8 Å². The molecule has 0 aliphatic carbocycles. The van der Waals surface area contributed by atoms with Crippen molar-refractivity contribution in [2.75, 3.05) is 10.2 Å². The summed E-state index contributed by atoms with van der Waals surface area (Å²) in [5.74, 6) is -1.98. The lowest BCUT2D eigenvalue weighted by Gasteiger charge is -2.08. The van der Waals surface area contributed by atoms with E-state index in [0.717, 1.165) is 12.1 Å². The van der Waals surface area contributed by atoms with Crippen molar-refractivity contribution in [3.8, 4) is 11.8 Å². The minimum atomic E-state index is -0.946. The third-order valence-electron chi connectivity index (χ3n) is 2.70. The van der Waals surface area contributed by atoms with Gasteiger partial charge in [0.15, 0.2) is 5.78 Å². The number of nitrogen functional groups attached to an aromatic ring is 1. The second kappa shape index (κ2) is 6.56. The van der Waals surface area contributed by atoms with Crippen LogP contribution < -0.4 is 10.7 Å². The van der Waals surface area contributed by atoms with E-state index in [1.54, 1.807) is 0 Å². The van der Waals surface area contributed by atoms with Gasteiger partial charge in [0.05, 0.1) is 9.99 Å². The maximum Gasteiger partial charge on any atom is 0.390 e. The minimum Gasteiger partial charge on any atom is -0.492 e. The van der Waals surface area contributed by atoms with Crippen molar-refractivity contribution >= 4 is 40.0 Å². The molecule has 0 saturated carbocycles. The van der Waals surface area contributed by atoms with Gasteiger partial charge in [0.25, 0.3) is 0 Å². The smallest absolute Gasteiger partial charge is 0.390 e. The maximum atomic E-state index is 11.8. The van der Waals surface area contributed by atoms with E-state index in [4.69, 9.17) is 5.73 Å². The summed E-state index contributed by atoms with van der Waals surface area (Å²) in [5, 5.41) is 18.6. The first-order valence-electron chi connectivity index (χ1n) is 5.91. The highest BCUT2D eigenvalue weighted by molar-refractivity contribution is 14.1. The Bertz CT molecular complexity index is 708. The number of aromatic nitrogens is 1. The molecule has 0 atom stereocenters. The summed E-state index contributed by atoms with van der Waals surface area (Å²) in [6.07, 6.45) is 0. The van der Waals surface area contributed by atoms with E-state index in [0.29, 0.717) is 10.3 Å². The molecule has 22 heavy (non-hydrogen) atoms. The number of halogens is 1. The Hall–Kier alpha value is -2.43. The van der Waals surface area contributed by atoms with Crippen molar-refractivity contribution in [3.05, 3.63) is 41.5 Å². The zero-order valence-electron chi connectivity index (χ0n) is 11.0. The zero-order valence-corrected chi connectivity index (χ0v) is 13.2. The number of hydrogen-bond donors (Lipinski definition) is 3. The molecule has 0 unspecified atom stereocenters. The predicted octanol–water partition coefficient (Wildman–Crippen LogP) is 1.30. The molecule has 0 saturated heterocycles. The van der Waals surface area contributed by atoms with Crippen LogP contribution in [0.2, 0.25) is 0 Å². The average molecular weight is 418 g/mol. The number of nitrogens with two attached hydrogens (primary N) is 1. The van der Waals surface area contributed by atoms with E-state index < -0.39 is 17.7 Å². The topological polar surface area (TPSA) is 124 Å². The molecular formula is C13H11IN2O6. The first kappa shape index (κ1) is 15.9. The van der Waals surface area contributed by atoms with Gasteiger partial charge in [0.1, 0.15) is 0 Å². The molecule has 0 radical (unpaired) electrons. The van der Waals surface area contributed by atoms with Crippen LogP contribution in [0.1, 0.15) is 20.7 Å². The highest BCUT2D eigenvalue weighted by Crippen LogP contribution is 2.20. The van der Waals surface area contributed by atoms with Gasteiger partial charge in [0.2, 0.25) is 11.8 Å². The predicted molar refractivity (Wildman–Crippen MR) is 83.8 cm³/mol. The van der Waals surface area contributed by atoms with Crippen molar-refractivity contribution in [2.24, 2.45) is 0 Å². The second-order valence-corrected chi connectivity index (χ2v) is 4.91. The van der Waals surface area contributed by atoms with Crippen molar-refractivity contribution in [2.45, 2.75) is 0 Å². The maximum absolute atomic E-state index is 11.8. The summed E-state index contributed by atoms with van der Waals surface area (Å²) in [6, 6.07) is 6.42. The molecule has 0 spiro atoms. The second-order valence-electron chi connectivity index (χ2n) is 4.15. The number of rotatable bonds is 5. The molecule has 0 aliphatic rings. The van der Waals surface area contributed by atoms with Gasteiger partial charge < -0.3 is 15.9 Å². The minimum absolute atomic E-state index is 0.0175. The fraction of sp³-hybridized carbons (Fsp3) is 0.0769. The number of carbonyl (C=O) groups is 2. The van der Waals surface area contributed by atoms with Crippen LogP contribution in [0.15, 0.2) is 30.3 Å². The quantitative estimate of drug-likeness (QED) is 0.167. The molecule has 0 aliphatic heterocycles. The molecule has 1 aromatic heterocycles. The van der Waals surface area contributed by atoms with Crippen molar-refractivity contribution < 1.29 is 29.7 Å². The van der Waals surface area contributed by atoms with Crippen LogP contribution in [-0.2, 0) is 4.89 Å². The summed E-state index contributed by atoms with van der Waals surface area (Å²) < 4.78 is 0.790. The van der Waals surface area contributed by atoms with Gasteiger partial charge in [-0.15, -0.1) is 0 Å². The first-order chi connectivity index (χ1) is 10.4. The molecule has 1 aromatic carbocycles. The monoisotopic (exact) mass is 418 g/mol. The number of anilines is 1.